The smallest absolute Gasteiger partial charge is 0.187 e. The fraction of sp³-hybridized carbons (Fsp3) is 0.125. The van der Waals surface area contributed by atoms with E-state index in [-0.39, 0.29) is 5.69 Å². The van der Waals surface area contributed by atoms with Crippen LogP contribution in [0.15, 0.2) is 30.6 Å². The minimum absolute atomic E-state index is 0.158. The van der Waals surface area contributed by atoms with Crippen molar-refractivity contribution in [1.82, 2.24) is 9.97 Å². The molecule has 0 aliphatic rings. The number of phenolic OH excluding ortho intramolecular Hbond substituents is 1. The largest absolute Gasteiger partial charge is 0.503 e. The van der Waals surface area contributed by atoms with E-state index in [0.717, 1.165) is 34.2 Å². The van der Waals surface area contributed by atoms with Crippen molar-refractivity contribution in [3.05, 3.63) is 53.4 Å². The van der Waals surface area contributed by atoms with E-state index in [0.29, 0.717) is 5.82 Å². The molecule has 2 aromatic carbocycles. The van der Waals surface area contributed by atoms with E-state index in [1.165, 1.54) is 6.33 Å². The third-order valence-electron chi connectivity index (χ3n) is 3.53. The van der Waals surface area contributed by atoms with Crippen LogP contribution in [-0.2, 0) is 0 Å². The number of fused-ring (bicyclic) bond motifs is 1. The molecule has 1 heterocycles. The Morgan fingerprint density at radius 2 is 1.59 bits per heavy atom. The van der Waals surface area contributed by atoms with Crippen LogP contribution in [0.1, 0.15) is 11.1 Å². The number of anilines is 2. The minimum atomic E-state index is -1.03. The molecule has 0 bridgehead atoms. The summed E-state index contributed by atoms with van der Waals surface area (Å²) in [6, 6.07) is 5.86. The van der Waals surface area contributed by atoms with Crippen molar-refractivity contribution in [1.29, 1.82) is 0 Å². The number of aromatic nitrogens is 2. The molecule has 3 rings (SSSR count). The molecule has 22 heavy (non-hydrogen) atoms. The molecule has 112 valence electrons. The van der Waals surface area contributed by atoms with Gasteiger partial charge in [-0.1, -0.05) is 0 Å². The third-order valence-corrected chi connectivity index (χ3v) is 3.53. The van der Waals surface area contributed by atoms with Gasteiger partial charge in [0.15, 0.2) is 17.4 Å². The SMILES string of the molecule is Cc1cc2ncnc(Nc3cc(F)c(O)c(F)c3)c2cc1C. The second-order valence-corrected chi connectivity index (χ2v) is 5.09. The molecular weight excluding hydrogens is 288 g/mol. The molecule has 6 heteroatoms. The maximum absolute atomic E-state index is 13.4. The average Bonchev–Trinajstić information content (AvgIpc) is 2.47. The molecule has 0 radical (unpaired) electrons. The summed E-state index contributed by atoms with van der Waals surface area (Å²) in [6.07, 6.45) is 1.38. The molecular formula is C16H13F2N3O. The van der Waals surface area contributed by atoms with Crippen LogP contribution in [0.3, 0.4) is 0 Å². The van der Waals surface area contributed by atoms with E-state index in [1.54, 1.807) is 0 Å². The lowest BCUT2D eigenvalue weighted by molar-refractivity contribution is 0.396. The Balaban J connectivity index is 2.09. The van der Waals surface area contributed by atoms with Crippen LogP contribution in [-0.4, -0.2) is 15.1 Å². The second-order valence-electron chi connectivity index (χ2n) is 5.09. The van der Waals surface area contributed by atoms with Gasteiger partial charge in [-0.3, -0.25) is 0 Å². The maximum Gasteiger partial charge on any atom is 0.187 e. The molecule has 0 amide bonds. The summed E-state index contributed by atoms with van der Waals surface area (Å²) >= 11 is 0. The van der Waals surface area contributed by atoms with Gasteiger partial charge in [0, 0.05) is 23.2 Å². The zero-order valence-corrected chi connectivity index (χ0v) is 12.0. The minimum Gasteiger partial charge on any atom is -0.503 e. The molecule has 0 unspecified atom stereocenters. The summed E-state index contributed by atoms with van der Waals surface area (Å²) in [5.74, 6) is -2.62. The van der Waals surface area contributed by atoms with Crippen molar-refractivity contribution in [2.75, 3.05) is 5.32 Å². The van der Waals surface area contributed by atoms with Gasteiger partial charge >= 0.3 is 0 Å². The summed E-state index contributed by atoms with van der Waals surface area (Å²) in [4.78, 5) is 8.32. The Labute approximate surface area is 125 Å². The molecule has 0 fully saturated rings. The fourth-order valence-corrected chi connectivity index (χ4v) is 2.19. The van der Waals surface area contributed by atoms with Gasteiger partial charge < -0.3 is 10.4 Å². The number of hydrogen-bond acceptors (Lipinski definition) is 4. The summed E-state index contributed by atoms with van der Waals surface area (Å²) in [6.45, 7) is 3.94. The van der Waals surface area contributed by atoms with E-state index in [1.807, 2.05) is 26.0 Å². The normalized spacial score (nSPS) is 10.9. The zero-order chi connectivity index (χ0) is 15.9. The van der Waals surface area contributed by atoms with Crippen LogP contribution in [0.25, 0.3) is 10.9 Å². The van der Waals surface area contributed by atoms with Gasteiger partial charge in [-0.05, 0) is 37.1 Å². The summed E-state index contributed by atoms with van der Waals surface area (Å²) in [5.41, 5.74) is 3.05. The van der Waals surface area contributed by atoms with Gasteiger partial charge in [0.2, 0.25) is 0 Å². The van der Waals surface area contributed by atoms with E-state index in [4.69, 9.17) is 5.11 Å². The topological polar surface area (TPSA) is 58.0 Å². The number of aryl methyl sites for hydroxylation is 2. The number of halogens is 2. The highest BCUT2D eigenvalue weighted by molar-refractivity contribution is 5.91. The van der Waals surface area contributed by atoms with Crippen molar-refractivity contribution in [3.8, 4) is 5.75 Å². The molecule has 0 aliphatic carbocycles. The van der Waals surface area contributed by atoms with Gasteiger partial charge in [0.1, 0.15) is 12.1 Å². The van der Waals surface area contributed by atoms with Crippen LogP contribution >= 0.6 is 0 Å². The lowest BCUT2D eigenvalue weighted by Crippen LogP contribution is -1.98. The Hall–Kier alpha value is -2.76. The molecule has 0 saturated heterocycles. The molecule has 2 N–H and O–H groups in total. The lowest BCUT2D eigenvalue weighted by Gasteiger charge is -2.11. The number of rotatable bonds is 2. The van der Waals surface area contributed by atoms with E-state index in [2.05, 4.69) is 15.3 Å². The molecule has 1 aromatic heterocycles. The van der Waals surface area contributed by atoms with E-state index >= 15 is 0 Å². The van der Waals surface area contributed by atoms with Crippen molar-refractivity contribution in [3.63, 3.8) is 0 Å². The molecule has 4 nitrogen and oxygen atoms in total. The van der Waals surface area contributed by atoms with E-state index < -0.39 is 17.4 Å². The zero-order valence-electron chi connectivity index (χ0n) is 12.0. The molecule has 0 spiro atoms. The average molecular weight is 301 g/mol. The number of hydrogen-bond donors (Lipinski definition) is 2. The molecule has 0 aliphatic heterocycles. The number of aromatic hydroxyl groups is 1. The molecule has 0 atom stereocenters. The number of nitrogens with zero attached hydrogens (tertiary/aromatic N) is 2. The van der Waals surface area contributed by atoms with Gasteiger partial charge in [0.25, 0.3) is 0 Å². The summed E-state index contributed by atoms with van der Waals surface area (Å²) < 4.78 is 26.8. The monoisotopic (exact) mass is 301 g/mol. The van der Waals surface area contributed by atoms with Gasteiger partial charge in [-0.15, -0.1) is 0 Å². The highest BCUT2D eigenvalue weighted by Gasteiger charge is 2.11. The predicted octanol–water partition coefficient (Wildman–Crippen LogP) is 3.97. The van der Waals surface area contributed by atoms with Gasteiger partial charge in [-0.25, -0.2) is 18.7 Å². The van der Waals surface area contributed by atoms with Crippen LogP contribution in [0, 0.1) is 25.5 Å². The van der Waals surface area contributed by atoms with Crippen molar-refractivity contribution in [2.24, 2.45) is 0 Å². The second kappa shape index (κ2) is 5.22. The number of benzene rings is 2. The first-order valence-electron chi connectivity index (χ1n) is 6.62. The highest BCUT2D eigenvalue weighted by Crippen LogP contribution is 2.29. The van der Waals surface area contributed by atoms with Gasteiger partial charge in [-0.2, -0.15) is 0 Å². The number of nitrogens with one attached hydrogen (secondary N) is 1. The first-order chi connectivity index (χ1) is 10.5. The summed E-state index contributed by atoms with van der Waals surface area (Å²) in [7, 11) is 0. The van der Waals surface area contributed by atoms with Crippen LogP contribution in [0.4, 0.5) is 20.3 Å². The van der Waals surface area contributed by atoms with Crippen LogP contribution in [0.5, 0.6) is 5.75 Å². The quantitative estimate of drug-likeness (QED) is 0.703. The lowest BCUT2D eigenvalue weighted by atomic mass is 10.1. The molecule has 3 aromatic rings. The predicted molar refractivity (Wildman–Crippen MR) is 80.3 cm³/mol. The van der Waals surface area contributed by atoms with Crippen LogP contribution < -0.4 is 5.32 Å². The summed E-state index contributed by atoms with van der Waals surface area (Å²) in [5, 5.41) is 12.7. The Morgan fingerprint density at radius 3 is 2.27 bits per heavy atom. The first-order valence-corrected chi connectivity index (χ1v) is 6.62. The fourth-order valence-electron chi connectivity index (χ4n) is 2.19. The standard InChI is InChI=1S/C16H13F2N3O/c1-8-3-11-14(4-9(8)2)19-7-20-16(11)21-10-5-12(17)15(22)13(18)6-10/h3-7,22H,1-2H3,(H,19,20,21). The molecule has 0 saturated carbocycles. The first kappa shape index (κ1) is 14.2. The number of phenols is 1. The highest BCUT2D eigenvalue weighted by atomic mass is 19.1. The Bertz CT molecular complexity index is 858. The van der Waals surface area contributed by atoms with Crippen molar-refractivity contribution in [2.45, 2.75) is 13.8 Å². The van der Waals surface area contributed by atoms with Crippen LogP contribution in [0.2, 0.25) is 0 Å². The maximum atomic E-state index is 13.4. The van der Waals surface area contributed by atoms with Crippen molar-refractivity contribution >= 4 is 22.4 Å². The van der Waals surface area contributed by atoms with E-state index in [9.17, 15) is 8.78 Å². The van der Waals surface area contributed by atoms with Gasteiger partial charge in [0.05, 0.1) is 5.52 Å². The Morgan fingerprint density at radius 1 is 0.955 bits per heavy atom. The third kappa shape index (κ3) is 2.43. The van der Waals surface area contributed by atoms with Crippen molar-refractivity contribution < 1.29 is 13.9 Å². The Kier molecular flexibility index (Phi) is 3.36.